The van der Waals surface area contributed by atoms with Gasteiger partial charge < -0.3 is 15.7 Å². The van der Waals surface area contributed by atoms with E-state index >= 15 is 0 Å². The van der Waals surface area contributed by atoms with Crippen LogP contribution in [0.3, 0.4) is 0 Å². The number of phenols is 1. The van der Waals surface area contributed by atoms with Crippen molar-refractivity contribution < 1.29 is 14.7 Å². The molecule has 0 radical (unpaired) electrons. The highest BCUT2D eigenvalue weighted by Crippen LogP contribution is 2.30. The molecule has 5 nitrogen and oxygen atoms in total. The van der Waals surface area contributed by atoms with Gasteiger partial charge in [0.2, 0.25) is 5.91 Å². The molecular weight excluding hydrogens is 280 g/mol. The van der Waals surface area contributed by atoms with Crippen LogP contribution in [0.15, 0.2) is 48.5 Å². The zero-order valence-corrected chi connectivity index (χ0v) is 11.9. The quantitative estimate of drug-likeness (QED) is 0.811. The molecule has 0 aliphatic heterocycles. The molecule has 0 saturated heterocycles. The van der Waals surface area contributed by atoms with E-state index < -0.39 is 0 Å². The molecule has 22 heavy (non-hydrogen) atoms. The highest BCUT2D eigenvalue weighted by atomic mass is 16.3. The molecule has 0 atom stereocenters. The van der Waals surface area contributed by atoms with Crippen LogP contribution in [0.2, 0.25) is 0 Å². The molecule has 0 spiro atoms. The summed E-state index contributed by atoms with van der Waals surface area (Å²) in [6.07, 6.45) is 1.91. The number of nitrogens with one attached hydrogen (secondary N) is 2. The summed E-state index contributed by atoms with van der Waals surface area (Å²) < 4.78 is 0. The first-order valence-corrected chi connectivity index (χ1v) is 7.13. The van der Waals surface area contributed by atoms with E-state index in [0.29, 0.717) is 16.9 Å². The smallest absolute Gasteiger partial charge is 0.255 e. The Bertz CT molecular complexity index is 706. The maximum Gasteiger partial charge on any atom is 0.255 e. The maximum atomic E-state index is 12.1. The Balaban J connectivity index is 1.64. The summed E-state index contributed by atoms with van der Waals surface area (Å²) in [7, 11) is 0. The van der Waals surface area contributed by atoms with Crippen LogP contribution in [0.5, 0.6) is 5.75 Å². The Morgan fingerprint density at radius 2 is 1.68 bits per heavy atom. The number of rotatable bonds is 4. The minimum atomic E-state index is -0.273. The first-order valence-electron chi connectivity index (χ1n) is 7.13. The van der Waals surface area contributed by atoms with Crippen molar-refractivity contribution in [2.75, 3.05) is 10.6 Å². The van der Waals surface area contributed by atoms with Gasteiger partial charge in [-0.3, -0.25) is 9.59 Å². The van der Waals surface area contributed by atoms with E-state index in [2.05, 4.69) is 10.6 Å². The SMILES string of the molecule is O=C(Nc1cccc(O)c1)c1ccc(NC(=O)C2CC2)cc1. The zero-order chi connectivity index (χ0) is 15.5. The summed E-state index contributed by atoms with van der Waals surface area (Å²) in [6.45, 7) is 0. The Hall–Kier alpha value is -2.82. The average molecular weight is 296 g/mol. The molecule has 1 aliphatic rings. The molecule has 5 heteroatoms. The lowest BCUT2D eigenvalue weighted by Crippen LogP contribution is -2.14. The fourth-order valence-corrected chi connectivity index (χ4v) is 2.08. The first kappa shape index (κ1) is 14.1. The number of carbonyl (C=O) groups excluding carboxylic acids is 2. The Morgan fingerprint density at radius 1 is 0.955 bits per heavy atom. The summed E-state index contributed by atoms with van der Waals surface area (Å²) in [5, 5.41) is 14.9. The Morgan fingerprint density at radius 3 is 2.32 bits per heavy atom. The summed E-state index contributed by atoms with van der Waals surface area (Å²) in [5.74, 6) is 0.00676. The van der Waals surface area contributed by atoms with Crippen LogP contribution in [-0.4, -0.2) is 16.9 Å². The second-order valence-electron chi connectivity index (χ2n) is 5.35. The lowest BCUT2D eigenvalue weighted by atomic mass is 10.2. The van der Waals surface area contributed by atoms with Crippen molar-refractivity contribution in [1.82, 2.24) is 0 Å². The van der Waals surface area contributed by atoms with E-state index in [1.807, 2.05) is 0 Å². The van der Waals surface area contributed by atoms with Gasteiger partial charge in [0.05, 0.1) is 0 Å². The third-order valence-corrected chi connectivity index (χ3v) is 3.47. The molecule has 2 aromatic rings. The van der Waals surface area contributed by atoms with Gasteiger partial charge in [-0.05, 0) is 49.2 Å². The van der Waals surface area contributed by atoms with Gasteiger partial charge in [-0.15, -0.1) is 0 Å². The molecule has 3 rings (SSSR count). The van der Waals surface area contributed by atoms with E-state index in [1.165, 1.54) is 12.1 Å². The number of carbonyl (C=O) groups is 2. The summed E-state index contributed by atoms with van der Waals surface area (Å²) in [4.78, 5) is 23.7. The minimum absolute atomic E-state index is 0.0389. The Labute approximate surface area is 128 Å². The largest absolute Gasteiger partial charge is 0.508 e. The molecule has 3 N–H and O–H groups in total. The van der Waals surface area contributed by atoms with E-state index in [0.717, 1.165) is 12.8 Å². The summed E-state index contributed by atoms with van der Waals surface area (Å²) in [6, 6.07) is 13.1. The molecule has 0 unspecified atom stereocenters. The van der Waals surface area contributed by atoms with Gasteiger partial charge in [0.25, 0.3) is 5.91 Å². The molecular formula is C17H16N2O3. The van der Waals surface area contributed by atoms with Gasteiger partial charge in [0.1, 0.15) is 5.75 Å². The number of phenolic OH excluding ortho intramolecular Hbond substituents is 1. The molecule has 2 amide bonds. The molecule has 112 valence electrons. The topological polar surface area (TPSA) is 78.4 Å². The predicted molar refractivity (Wildman–Crippen MR) is 83.9 cm³/mol. The fourth-order valence-electron chi connectivity index (χ4n) is 2.08. The number of benzene rings is 2. The molecule has 0 aromatic heterocycles. The molecule has 1 saturated carbocycles. The van der Waals surface area contributed by atoms with Crippen molar-refractivity contribution in [2.24, 2.45) is 5.92 Å². The van der Waals surface area contributed by atoms with Crippen molar-refractivity contribution in [3.05, 3.63) is 54.1 Å². The van der Waals surface area contributed by atoms with Crippen molar-refractivity contribution in [3.63, 3.8) is 0 Å². The zero-order valence-electron chi connectivity index (χ0n) is 11.9. The van der Waals surface area contributed by atoms with Gasteiger partial charge in [0.15, 0.2) is 0 Å². The number of aromatic hydroxyl groups is 1. The van der Waals surface area contributed by atoms with Crippen molar-refractivity contribution in [3.8, 4) is 5.75 Å². The number of anilines is 2. The first-order chi connectivity index (χ1) is 10.6. The van der Waals surface area contributed by atoms with Crippen molar-refractivity contribution in [2.45, 2.75) is 12.8 Å². The molecule has 2 aromatic carbocycles. The van der Waals surface area contributed by atoms with Gasteiger partial charge in [0, 0.05) is 28.9 Å². The maximum absolute atomic E-state index is 12.1. The Kier molecular flexibility index (Phi) is 3.78. The fraction of sp³-hybridized carbons (Fsp3) is 0.176. The highest BCUT2D eigenvalue weighted by molar-refractivity contribution is 6.04. The number of hydrogen-bond acceptors (Lipinski definition) is 3. The number of hydrogen-bond donors (Lipinski definition) is 3. The summed E-state index contributed by atoms with van der Waals surface area (Å²) in [5.41, 5.74) is 1.69. The van der Waals surface area contributed by atoms with Crippen LogP contribution in [-0.2, 0) is 4.79 Å². The van der Waals surface area contributed by atoms with Crippen LogP contribution in [0, 0.1) is 5.92 Å². The second kappa shape index (κ2) is 5.89. The highest BCUT2D eigenvalue weighted by Gasteiger charge is 2.29. The molecule has 1 fully saturated rings. The predicted octanol–water partition coefficient (Wildman–Crippen LogP) is 2.99. The normalized spacial score (nSPS) is 13.5. The van der Waals surface area contributed by atoms with E-state index in [1.54, 1.807) is 36.4 Å². The average Bonchev–Trinajstić information content (AvgIpc) is 3.32. The van der Waals surface area contributed by atoms with Crippen LogP contribution >= 0.6 is 0 Å². The van der Waals surface area contributed by atoms with E-state index in [-0.39, 0.29) is 23.5 Å². The third-order valence-electron chi connectivity index (χ3n) is 3.47. The van der Waals surface area contributed by atoms with Gasteiger partial charge in [-0.25, -0.2) is 0 Å². The monoisotopic (exact) mass is 296 g/mol. The van der Waals surface area contributed by atoms with E-state index in [9.17, 15) is 14.7 Å². The van der Waals surface area contributed by atoms with Crippen molar-refractivity contribution >= 4 is 23.2 Å². The van der Waals surface area contributed by atoms with Gasteiger partial charge in [-0.2, -0.15) is 0 Å². The minimum Gasteiger partial charge on any atom is -0.508 e. The molecule has 0 heterocycles. The standard InChI is InChI=1S/C17H16N2O3/c20-15-3-1-2-14(10-15)19-17(22)12-6-8-13(9-7-12)18-16(21)11-4-5-11/h1-3,6-11,20H,4-5H2,(H,18,21)(H,19,22). The lowest BCUT2D eigenvalue weighted by Gasteiger charge is -2.07. The molecule has 0 bridgehead atoms. The molecule has 1 aliphatic carbocycles. The third kappa shape index (κ3) is 3.44. The van der Waals surface area contributed by atoms with Gasteiger partial charge in [-0.1, -0.05) is 6.07 Å². The lowest BCUT2D eigenvalue weighted by molar-refractivity contribution is -0.117. The van der Waals surface area contributed by atoms with Crippen LogP contribution in [0.25, 0.3) is 0 Å². The van der Waals surface area contributed by atoms with Crippen LogP contribution in [0.1, 0.15) is 23.2 Å². The van der Waals surface area contributed by atoms with Crippen LogP contribution in [0.4, 0.5) is 11.4 Å². The van der Waals surface area contributed by atoms with Gasteiger partial charge >= 0.3 is 0 Å². The second-order valence-corrected chi connectivity index (χ2v) is 5.35. The number of amides is 2. The van der Waals surface area contributed by atoms with Crippen molar-refractivity contribution in [1.29, 1.82) is 0 Å². The summed E-state index contributed by atoms with van der Waals surface area (Å²) >= 11 is 0. The van der Waals surface area contributed by atoms with E-state index in [4.69, 9.17) is 0 Å². The van der Waals surface area contributed by atoms with Crippen LogP contribution < -0.4 is 10.6 Å².